The number of amides is 3. The Labute approximate surface area is 185 Å². The SMILES string of the molecule is COc1ccc(N(C)S(=O)(=O)c2cccc(C(=O)OC(C)C(=O)N3CCNC3=O)c2)cc1. The Hall–Kier alpha value is -3.60. The van der Waals surface area contributed by atoms with Crippen LogP contribution in [0.3, 0.4) is 0 Å². The maximum Gasteiger partial charge on any atom is 0.338 e. The summed E-state index contributed by atoms with van der Waals surface area (Å²) in [6.45, 7) is 1.86. The number of esters is 1. The third kappa shape index (κ3) is 4.67. The summed E-state index contributed by atoms with van der Waals surface area (Å²) >= 11 is 0. The van der Waals surface area contributed by atoms with E-state index in [0.717, 1.165) is 9.21 Å². The zero-order valence-electron chi connectivity index (χ0n) is 17.8. The third-order valence-electron chi connectivity index (χ3n) is 4.92. The quantitative estimate of drug-likeness (QED) is 0.622. The molecule has 1 unspecified atom stereocenters. The molecule has 0 aliphatic carbocycles. The summed E-state index contributed by atoms with van der Waals surface area (Å²) in [6, 6.07) is 11.2. The number of sulfonamides is 1. The van der Waals surface area contributed by atoms with Gasteiger partial charge >= 0.3 is 12.0 Å². The highest BCUT2D eigenvalue weighted by Gasteiger charge is 2.32. The van der Waals surface area contributed by atoms with E-state index in [1.165, 1.54) is 45.3 Å². The van der Waals surface area contributed by atoms with Crippen molar-refractivity contribution in [2.24, 2.45) is 0 Å². The largest absolute Gasteiger partial charge is 0.497 e. The van der Waals surface area contributed by atoms with Crippen LogP contribution in [0.15, 0.2) is 53.4 Å². The molecule has 1 atom stereocenters. The first-order valence-corrected chi connectivity index (χ1v) is 11.1. The second-order valence-corrected chi connectivity index (χ2v) is 8.94. The number of anilines is 1. The zero-order chi connectivity index (χ0) is 23.5. The number of carbonyl (C=O) groups excluding carboxylic acids is 3. The maximum atomic E-state index is 13.0. The molecule has 1 fully saturated rings. The number of hydrogen-bond donors (Lipinski definition) is 1. The van der Waals surface area contributed by atoms with Gasteiger partial charge in [-0.3, -0.25) is 14.0 Å². The summed E-state index contributed by atoms with van der Waals surface area (Å²) in [6.07, 6.45) is -1.21. The summed E-state index contributed by atoms with van der Waals surface area (Å²) in [5.74, 6) is -0.953. The molecule has 10 nitrogen and oxygen atoms in total. The van der Waals surface area contributed by atoms with E-state index in [0.29, 0.717) is 18.0 Å². The summed E-state index contributed by atoms with van der Waals surface area (Å²) in [7, 11) is -1.08. The molecule has 32 heavy (non-hydrogen) atoms. The van der Waals surface area contributed by atoms with Gasteiger partial charge in [0.15, 0.2) is 6.10 Å². The molecule has 2 aromatic rings. The van der Waals surface area contributed by atoms with Gasteiger partial charge in [0.1, 0.15) is 5.75 Å². The van der Waals surface area contributed by atoms with Gasteiger partial charge in [0, 0.05) is 20.1 Å². The number of hydrogen-bond acceptors (Lipinski definition) is 7. The summed E-state index contributed by atoms with van der Waals surface area (Å²) in [5, 5.41) is 2.49. The Kier molecular flexibility index (Phi) is 6.68. The van der Waals surface area contributed by atoms with Crippen molar-refractivity contribution in [1.82, 2.24) is 10.2 Å². The molecule has 3 rings (SSSR count). The van der Waals surface area contributed by atoms with Gasteiger partial charge in [-0.2, -0.15) is 0 Å². The molecule has 3 amide bonds. The Balaban J connectivity index is 1.76. The Bertz CT molecular complexity index is 1130. The van der Waals surface area contributed by atoms with Gasteiger partial charge in [0.05, 0.1) is 23.3 Å². The van der Waals surface area contributed by atoms with Crippen molar-refractivity contribution in [1.29, 1.82) is 0 Å². The molecular weight excluding hydrogens is 438 g/mol. The van der Waals surface area contributed by atoms with Crippen LogP contribution in [0.4, 0.5) is 10.5 Å². The second-order valence-electron chi connectivity index (χ2n) is 6.97. The van der Waals surface area contributed by atoms with Crippen molar-refractivity contribution in [3.8, 4) is 5.75 Å². The highest BCUT2D eigenvalue weighted by molar-refractivity contribution is 7.92. The van der Waals surface area contributed by atoms with Crippen molar-refractivity contribution >= 4 is 33.6 Å². The first kappa shape index (κ1) is 23.1. The summed E-state index contributed by atoms with van der Waals surface area (Å²) in [5.41, 5.74) is 0.363. The smallest absolute Gasteiger partial charge is 0.338 e. The predicted octanol–water partition coefficient (Wildman–Crippen LogP) is 1.62. The van der Waals surface area contributed by atoms with E-state index in [4.69, 9.17) is 9.47 Å². The maximum absolute atomic E-state index is 13.0. The van der Waals surface area contributed by atoms with E-state index < -0.39 is 34.0 Å². The fraction of sp³-hybridized carbons (Fsp3) is 0.286. The van der Waals surface area contributed by atoms with Crippen LogP contribution in [0.2, 0.25) is 0 Å². The lowest BCUT2D eigenvalue weighted by Crippen LogP contribution is -2.41. The van der Waals surface area contributed by atoms with Crippen molar-refractivity contribution < 1.29 is 32.3 Å². The lowest BCUT2D eigenvalue weighted by molar-refractivity contribution is -0.136. The van der Waals surface area contributed by atoms with E-state index in [9.17, 15) is 22.8 Å². The summed E-state index contributed by atoms with van der Waals surface area (Å²) < 4.78 is 37.4. The molecule has 1 N–H and O–H groups in total. The fourth-order valence-corrected chi connectivity index (χ4v) is 4.29. The molecule has 1 aliphatic heterocycles. The van der Waals surface area contributed by atoms with Gasteiger partial charge in [-0.25, -0.2) is 18.0 Å². The highest BCUT2D eigenvalue weighted by atomic mass is 32.2. The average molecular weight is 461 g/mol. The van der Waals surface area contributed by atoms with Crippen LogP contribution in [0, 0.1) is 0 Å². The Morgan fingerprint density at radius 2 is 1.84 bits per heavy atom. The predicted molar refractivity (Wildman–Crippen MR) is 115 cm³/mol. The van der Waals surface area contributed by atoms with E-state index >= 15 is 0 Å². The number of rotatable bonds is 7. The summed E-state index contributed by atoms with van der Waals surface area (Å²) in [4.78, 5) is 37.3. The van der Waals surface area contributed by atoms with Gasteiger partial charge in [0.25, 0.3) is 15.9 Å². The first-order chi connectivity index (χ1) is 15.1. The van der Waals surface area contributed by atoms with Gasteiger partial charge in [-0.15, -0.1) is 0 Å². The zero-order valence-corrected chi connectivity index (χ0v) is 18.6. The number of imide groups is 1. The normalized spacial score (nSPS) is 14.5. The minimum Gasteiger partial charge on any atom is -0.497 e. The molecule has 11 heteroatoms. The number of urea groups is 1. The molecule has 0 saturated carbocycles. The minimum absolute atomic E-state index is 0.0419. The van der Waals surface area contributed by atoms with Crippen LogP contribution >= 0.6 is 0 Å². The van der Waals surface area contributed by atoms with Crippen LogP contribution in [0.25, 0.3) is 0 Å². The number of nitrogens with zero attached hydrogens (tertiary/aromatic N) is 2. The van der Waals surface area contributed by atoms with Gasteiger partial charge in [-0.05, 0) is 49.4 Å². The molecule has 170 valence electrons. The molecule has 1 saturated heterocycles. The fourth-order valence-electron chi connectivity index (χ4n) is 3.05. The lowest BCUT2D eigenvalue weighted by atomic mass is 10.2. The lowest BCUT2D eigenvalue weighted by Gasteiger charge is -2.20. The van der Waals surface area contributed by atoms with Crippen LogP contribution in [0.5, 0.6) is 5.75 Å². The molecule has 1 aliphatic rings. The van der Waals surface area contributed by atoms with E-state index in [2.05, 4.69) is 5.32 Å². The molecule has 1 heterocycles. The highest BCUT2D eigenvalue weighted by Crippen LogP contribution is 2.25. The topological polar surface area (TPSA) is 122 Å². The Morgan fingerprint density at radius 3 is 2.44 bits per heavy atom. The number of nitrogens with one attached hydrogen (secondary N) is 1. The number of carbonyl (C=O) groups is 3. The number of methoxy groups -OCH3 is 1. The van der Waals surface area contributed by atoms with E-state index in [-0.39, 0.29) is 17.0 Å². The third-order valence-corrected chi connectivity index (χ3v) is 6.70. The number of benzene rings is 2. The van der Waals surface area contributed by atoms with Crippen molar-refractivity contribution in [3.05, 3.63) is 54.1 Å². The molecule has 2 aromatic carbocycles. The van der Waals surface area contributed by atoms with Crippen molar-refractivity contribution in [2.45, 2.75) is 17.9 Å². The average Bonchev–Trinajstić information content (AvgIpc) is 3.23. The molecule has 0 spiro atoms. The Morgan fingerprint density at radius 1 is 1.16 bits per heavy atom. The standard InChI is InChI=1S/C21H23N3O7S/c1-14(19(25)24-12-11-22-21(24)27)31-20(26)15-5-4-6-18(13-15)32(28,29)23(2)16-7-9-17(30-3)10-8-16/h4-10,13-14H,11-12H2,1-3H3,(H,22,27). The molecular formula is C21H23N3O7S. The molecule has 0 aromatic heterocycles. The molecule has 0 radical (unpaired) electrons. The monoisotopic (exact) mass is 461 g/mol. The van der Waals surface area contributed by atoms with Crippen LogP contribution in [0.1, 0.15) is 17.3 Å². The first-order valence-electron chi connectivity index (χ1n) is 9.68. The van der Waals surface area contributed by atoms with Crippen LogP contribution in [-0.4, -0.2) is 64.6 Å². The van der Waals surface area contributed by atoms with Crippen molar-refractivity contribution in [2.75, 3.05) is 31.6 Å². The van der Waals surface area contributed by atoms with Gasteiger partial charge in [0.2, 0.25) is 0 Å². The molecule has 0 bridgehead atoms. The van der Waals surface area contributed by atoms with Gasteiger partial charge < -0.3 is 14.8 Å². The minimum atomic E-state index is -3.98. The van der Waals surface area contributed by atoms with Crippen LogP contribution < -0.4 is 14.4 Å². The van der Waals surface area contributed by atoms with E-state index in [1.54, 1.807) is 24.3 Å². The van der Waals surface area contributed by atoms with Crippen LogP contribution in [-0.2, 0) is 19.6 Å². The van der Waals surface area contributed by atoms with Gasteiger partial charge in [-0.1, -0.05) is 6.07 Å². The van der Waals surface area contributed by atoms with E-state index in [1.807, 2.05) is 0 Å². The second kappa shape index (κ2) is 9.27. The van der Waals surface area contributed by atoms with Crippen molar-refractivity contribution in [3.63, 3.8) is 0 Å². The number of ether oxygens (including phenoxy) is 2.